The number of nitrogens with zero attached hydrogens (tertiary/aromatic N) is 3. The largest absolute Gasteiger partial charge is 0.493 e. The number of halogens is 1. The highest BCUT2D eigenvalue weighted by Crippen LogP contribution is 2.30. The van der Waals surface area contributed by atoms with Crippen molar-refractivity contribution in [3.05, 3.63) is 41.8 Å². The first-order chi connectivity index (χ1) is 11.1. The average Bonchev–Trinajstić information content (AvgIpc) is 3.17. The number of hydrogen-bond donors (Lipinski definition) is 0. The van der Waals surface area contributed by atoms with Crippen molar-refractivity contribution < 1.29 is 18.4 Å². The maximum atomic E-state index is 12.8. The fourth-order valence-electron chi connectivity index (χ4n) is 2.70. The molecule has 0 bridgehead atoms. The number of benzene rings is 1. The van der Waals surface area contributed by atoms with Gasteiger partial charge in [0.25, 0.3) is 0 Å². The highest BCUT2D eigenvalue weighted by molar-refractivity contribution is 5.73. The van der Waals surface area contributed by atoms with Crippen LogP contribution in [0.25, 0.3) is 0 Å². The minimum Gasteiger partial charge on any atom is -0.493 e. The molecule has 0 N–H and O–H groups in total. The molecule has 0 saturated carbocycles. The first kappa shape index (κ1) is 15.5. The number of aromatic nitrogens is 2. The van der Waals surface area contributed by atoms with Gasteiger partial charge in [0, 0.05) is 19.9 Å². The van der Waals surface area contributed by atoms with E-state index in [1.165, 1.54) is 12.1 Å². The molecule has 2 heterocycles. The van der Waals surface area contributed by atoms with Crippen LogP contribution in [0.5, 0.6) is 5.75 Å². The molecule has 1 aromatic heterocycles. The Hall–Kier alpha value is -2.44. The van der Waals surface area contributed by atoms with E-state index in [0.717, 1.165) is 19.4 Å². The molecule has 1 aromatic carbocycles. The molecule has 0 radical (unpaired) electrons. The van der Waals surface area contributed by atoms with Gasteiger partial charge in [0.05, 0.1) is 6.61 Å². The maximum Gasteiger partial charge on any atom is 0.249 e. The van der Waals surface area contributed by atoms with Gasteiger partial charge in [0.15, 0.2) is 5.82 Å². The molecule has 1 atom stereocenters. The van der Waals surface area contributed by atoms with E-state index in [-0.39, 0.29) is 17.8 Å². The highest BCUT2D eigenvalue weighted by atomic mass is 19.1. The Morgan fingerprint density at radius 1 is 1.43 bits per heavy atom. The fraction of sp³-hybridized carbons (Fsp3) is 0.438. The summed E-state index contributed by atoms with van der Waals surface area (Å²) >= 11 is 0. The summed E-state index contributed by atoms with van der Waals surface area (Å²) in [5.74, 6) is 1.33. The van der Waals surface area contributed by atoms with Crippen molar-refractivity contribution in [3.8, 4) is 5.75 Å². The van der Waals surface area contributed by atoms with Gasteiger partial charge in [-0.1, -0.05) is 5.16 Å². The summed E-state index contributed by atoms with van der Waals surface area (Å²) in [6.45, 7) is 2.64. The first-order valence-corrected chi connectivity index (χ1v) is 7.61. The number of likely N-dealkylation sites (tertiary alicyclic amines) is 1. The lowest BCUT2D eigenvalue weighted by Gasteiger charge is -2.19. The standard InChI is InChI=1S/C16H18FN3O3/c1-11(21)20-9-2-3-14(20)16-18-15(19-23-16)8-10-22-13-6-4-12(17)5-7-13/h4-7,14H,2-3,8-10H2,1H3. The van der Waals surface area contributed by atoms with Crippen molar-refractivity contribution in [2.24, 2.45) is 0 Å². The second-order valence-corrected chi connectivity index (χ2v) is 5.47. The minimum atomic E-state index is -0.299. The monoisotopic (exact) mass is 319 g/mol. The van der Waals surface area contributed by atoms with Gasteiger partial charge in [-0.15, -0.1) is 0 Å². The van der Waals surface area contributed by atoms with Crippen molar-refractivity contribution in [3.63, 3.8) is 0 Å². The Morgan fingerprint density at radius 3 is 2.96 bits per heavy atom. The van der Waals surface area contributed by atoms with E-state index < -0.39 is 0 Å². The summed E-state index contributed by atoms with van der Waals surface area (Å²) in [4.78, 5) is 17.7. The van der Waals surface area contributed by atoms with Crippen molar-refractivity contribution >= 4 is 5.91 Å². The van der Waals surface area contributed by atoms with Crippen LogP contribution in [0.4, 0.5) is 4.39 Å². The Labute approximate surface area is 133 Å². The quantitative estimate of drug-likeness (QED) is 0.847. The predicted octanol–water partition coefficient (Wildman–Crippen LogP) is 2.51. The van der Waals surface area contributed by atoms with E-state index in [9.17, 15) is 9.18 Å². The molecule has 3 rings (SSSR count). The van der Waals surface area contributed by atoms with Crippen LogP contribution in [-0.2, 0) is 11.2 Å². The summed E-state index contributed by atoms with van der Waals surface area (Å²) in [5, 5.41) is 3.94. The van der Waals surface area contributed by atoms with Crippen LogP contribution in [0.15, 0.2) is 28.8 Å². The molecule has 23 heavy (non-hydrogen) atoms. The normalized spacial score (nSPS) is 17.5. The third kappa shape index (κ3) is 3.67. The van der Waals surface area contributed by atoms with Crippen molar-refractivity contribution in [1.82, 2.24) is 15.0 Å². The average molecular weight is 319 g/mol. The number of carbonyl (C=O) groups excluding carboxylic acids is 1. The second-order valence-electron chi connectivity index (χ2n) is 5.47. The van der Waals surface area contributed by atoms with Crippen molar-refractivity contribution in [1.29, 1.82) is 0 Å². The molecule has 2 aromatic rings. The minimum absolute atomic E-state index is 0.0203. The number of carbonyl (C=O) groups is 1. The van der Waals surface area contributed by atoms with Crippen LogP contribution in [0, 0.1) is 5.82 Å². The SMILES string of the molecule is CC(=O)N1CCCC1c1nc(CCOc2ccc(F)cc2)no1. The number of ether oxygens (including phenoxy) is 1. The second kappa shape index (κ2) is 6.76. The Kier molecular flexibility index (Phi) is 4.55. The van der Waals surface area contributed by atoms with E-state index in [4.69, 9.17) is 9.26 Å². The highest BCUT2D eigenvalue weighted by Gasteiger charge is 2.32. The van der Waals surface area contributed by atoms with E-state index in [1.807, 2.05) is 0 Å². The third-order valence-electron chi connectivity index (χ3n) is 3.83. The number of amides is 1. The fourth-order valence-corrected chi connectivity index (χ4v) is 2.70. The molecule has 1 aliphatic rings. The lowest BCUT2D eigenvalue weighted by Crippen LogP contribution is -2.28. The Morgan fingerprint density at radius 2 is 2.22 bits per heavy atom. The zero-order valence-electron chi connectivity index (χ0n) is 12.9. The Balaban J connectivity index is 1.55. The smallest absolute Gasteiger partial charge is 0.249 e. The molecule has 1 amide bonds. The van der Waals surface area contributed by atoms with Gasteiger partial charge < -0.3 is 14.2 Å². The van der Waals surface area contributed by atoms with Crippen LogP contribution >= 0.6 is 0 Å². The molecule has 122 valence electrons. The van der Waals surface area contributed by atoms with Gasteiger partial charge in [0.1, 0.15) is 17.6 Å². The van der Waals surface area contributed by atoms with Gasteiger partial charge in [-0.05, 0) is 37.1 Å². The molecule has 0 spiro atoms. The van der Waals surface area contributed by atoms with E-state index >= 15 is 0 Å². The topological polar surface area (TPSA) is 68.5 Å². The zero-order valence-corrected chi connectivity index (χ0v) is 12.9. The van der Waals surface area contributed by atoms with Crippen LogP contribution < -0.4 is 4.74 Å². The Bertz CT molecular complexity index is 671. The summed E-state index contributed by atoms with van der Waals surface area (Å²) in [7, 11) is 0. The van der Waals surface area contributed by atoms with Crippen LogP contribution in [0.2, 0.25) is 0 Å². The van der Waals surface area contributed by atoms with E-state index in [2.05, 4.69) is 10.1 Å². The molecule has 1 unspecified atom stereocenters. The molecule has 1 fully saturated rings. The summed E-state index contributed by atoms with van der Waals surface area (Å²) < 4.78 is 23.6. The van der Waals surface area contributed by atoms with Crippen molar-refractivity contribution in [2.75, 3.05) is 13.2 Å². The van der Waals surface area contributed by atoms with Crippen LogP contribution in [0.3, 0.4) is 0 Å². The van der Waals surface area contributed by atoms with E-state index in [0.29, 0.717) is 30.5 Å². The van der Waals surface area contributed by atoms with Gasteiger partial charge in [-0.2, -0.15) is 4.98 Å². The molecule has 1 saturated heterocycles. The lowest BCUT2D eigenvalue weighted by atomic mass is 10.2. The maximum absolute atomic E-state index is 12.8. The summed E-state index contributed by atoms with van der Waals surface area (Å²) in [6, 6.07) is 5.71. The molecule has 6 nitrogen and oxygen atoms in total. The van der Waals surface area contributed by atoms with Gasteiger partial charge in [0.2, 0.25) is 11.8 Å². The molecule has 0 aliphatic carbocycles. The predicted molar refractivity (Wildman–Crippen MR) is 79.3 cm³/mol. The molecule has 1 aliphatic heterocycles. The number of rotatable bonds is 5. The van der Waals surface area contributed by atoms with Gasteiger partial charge >= 0.3 is 0 Å². The zero-order chi connectivity index (χ0) is 16.2. The molecular formula is C16H18FN3O3. The van der Waals surface area contributed by atoms with Crippen LogP contribution in [0.1, 0.15) is 37.5 Å². The molecular weight excluding hydrogens is 301 g/mol. The van der Waals surface area contributed by atoms with E-state index in [1.54, 1.807) is 24.0 Å². The lowest BCUT2D eigenvalue weighted by molar-refractivity contribution is -0.130. The van der Waals surface area contributed by atoms with Gasteiger partial charge in [-0.3, -0.25) is 4.79 Å². The van der Waals surface area contributed by atoms with Crippen LogP contribution in [-0.4, -0.2) is 34.1 Å². The van der Waals surface area contributed by atoms with Crippen molar-refractivity contribution in [2.45, 2.75) is 32.2 Å². The summed E-state index contributed by atoms with van der Waals surface area (Å²) in [5.41, 5.74) is 0. The third-order valence-corrected chi connectivity index (χ3v) is 3.83. The molecule has 7 heteroatoms. The van der Waals surface area contributed by atoms with Gasteiger partial charge in [-0.25, -0.2) is 4.39 Å². The number of hydrogen-bond acceptors (Lipinski definition) is 5. The summed E-state index contributed by atoms with van der Waals surface area (Å²) in [6.07, 6.45) is 2.26. The first-order valence-electron chi connectivity index (χ1n) is 7.61.